The van der Waals surface area contributed by atoms with Crippen LogP contribution in [0.5, 0.6) is 11.8 Å². The van der Waals surface area contributed by atoms with E-state index in [-0.39, 0.29) is 17.5 Å². The number of nitrogens with one attached hydrogen (secondary N) is 2. The second-order valence-electron chi connectivity index (χ2n) is 8.62. The molecule has 1 aliphatic carbocycles. The van der Waals surface area contributed by atoms with Crippen molar-refractivity contribution in [2.75, 3.05) is 30.4 Å². The maximum absolute atomic E-state index is 9.16. The molecule has 2 aliphatic rings. The molecule has 0 radical (unpaired) electrons. The van der Waals surface area contributed by atoms with Crippen LogP contribution in [0.25, 0.3) is 21.9 Å². The summed E-state index contributed by atoms with van der Waals surface area (Å²) < 4.78 is 5.95. The Balaban J connectivity index is 1.51. The van der Waals surface area contributed by atoms with Crippen LogP contribution in [0.15, 0.2) is 36.7 Å². The molecule has 1 saturated heterocycles. The normalized spacial score (nSPS) is 21.9. The van der Waals surface area contributed by atoms with E-state index in [9.17, 15) is 0 Å². The fourth-order valence-electron chi connectivity index (χ4n) is 4.83. The Morgan fingerprint density at radius 3 is 2.97 bits per heavy atom. The summed E-state index contributed by atoms with van der Waals surface area (Å²) >= 11 is 0. The van der Waals surface area contributed by atoms with Gasteiger partial charge >= 0.3 is 6.01 Å². The van der Waals surface area contributed by atoms with Gasteiger partial charge in [0.05, 0.1) is 28.4 Å². The summed E-state index contributed by atoms with van der Waals surface area (Å²) in [6.45, 7) is 1.77. The number of nitrogens with zero attached hydrogens (tertiary/aromatic N) is 5. The molecule has 6 rings (SSSR count). The topological polar surface area (TPSA) is 129 Å². The Hall–Kier alpha value is -3.90. The number of fused-ring (bicyclic) bond motifs is 3. The van der Waals surface area contributed by atoms with E-state index in [1.54, 1.807) is 12.3 Å². The van der Waals surface area contributed by atoms with Crippen molar-refractivity contribution < 1.29 is 4.74 Å². The van der Waals surface area contributed by atoms with Crippen LogP contribution in [0.4, 0.5) is 11.5 Å². The second kappa shape index (κ2) is 6.80. The molecular formula is C23H22N8O. The number of hydrogen-bond donors (Lipinski definition) is 3. The van der Waals surface area contributed by atoms with Crippen LogP contribution >= 0.6 is 0 Å². The predicted octanol–water partition coefficient (Wildman–Crippen LogP) is 3.14. The number of benzene rings is 1. The molecule has 4 aromatic rings. The number of H-pyrrole nitrogens is 1. The Labute approximate surface area is 184 Å². The molecule has 32 heavy (non-hydrogen) atoms. The van der Waals surface area contributed by atoms with Gasteiger partial charge in [-0.2, -0.15) is 15.2 Å². The number of ether oxygens (including phenoxy) is 1. The van der Waals surface area contributed by atoms with Gasteiger partial charge < -0.3 is 25.7 Å². The quantitative estimate of drug-likeness (QED) is 0.454. The average molecular weight is 426 g/mol. The van der Waals surface area contributed by atoms with Gasteiger partial charge in [0.2, 0.25) is 0 Å². The molecule has 160 valence electrons. The summed E-state index contributed by atoms with van der Waals surface area (Å²) in [4.78, 5) is 19.3. The van der Waals surface area contributed by atoms with Gasteiger partial charge in [0.15, 0.2) is 5.75 Å². The minimum absolute atomic E-state index is 0.200. The minimum Gasteiger partial charge on any atom is -0.422 e. The first kappa shape index (κ1) is 18.8. The first-order valence-corrected chi connectivity index (χ1v) is 10.6. The van der Waals surface area contributed by atoms with E-state index in [1.165, 1.54) is 6.20 Å². The molecule has 1 aliphatic heterocycles. The fraction of sp³-hybridized carbons (Fsp3) is 0.304. The zero-order chi connectivity index (χ0) is 21.9. The number of anilines is 2. The van der Waals surface area contributed by atoms with Gasteiger partial charge in [-0.25, -0.2) is 0 Å². The third kappa shape index (κ3) is 2.84. The molecule has 0 bridgehead atoms. The van der Waals surface area contributed by atoms with Crippen LogP contribution < -0.4 is 20.7 Å². The molecule has 4 heterocycles. The van der Waals surface area contributed by atoms with E-state index in [0.29, 0.717) is 17.0 Å². The van der Waals surface area contributed by atoms with Gasteiger partial charge in [-0.3, -0.25) is 4.98 Å². The summed E-state index contributed by atoms with van der Waals surface area (Å²) in [6, 6.07) is 10.3. The van der Waals surface area contributed by atoms with E-state index in [1.807, 2.05) is 19.2 Å². The van der Waals surface area contributed by atoms with E-state index >= 15 is 0 Å². The van der Waals surface area contributed by atoms with Crippen LogP contribution in [0.3, 0.4) is 0 Å². The van der Waals surface area contributed by atoms with Gasteiger partial charge in [-0.05, 0) is 18.9 Å². The van der Waals surface area contributed by atoms with Crippen molar-refractivity contribution in [1.29, 1.82) is 5.26 Å². The number of rotatable bonds is 4. The standard InChI is InChI=1S/C23H22N8O/c1-26-16-4-2-3-15-18-20(28-19(15)16)29-22(32-14-7-13(9-24)10-27-11-14)30-21(18)31-6-5-23(12-31)8-17(23)25/h2-4,7,10-11,17,26H,5-6,8,12,25H2,1H3,(H,28,29,30). The first-order valence-electron chi connectivity index (χ1n) is 10.6. The lowest BCUT2D eigenvalue weighted by molar-refractivity contribution is 0.442. The van der Waals surface area contributed by atoms with Gasteiger partial charge in [0.25, 0.3) is 0 Å². The first-order chi connectivity index (χ1) is 15.6. The number of nitriles is 1. The van der Waals surface area contributed by atoms with E-state index < -0.39 is 0 Å². The summed E-state index contributed by atoms with van der Waals surface area (Å²) in [5.74, 6) is 1.26. The molecule has 1 saturated carbocycles. The molecule has 1 aromatic carbocycles. The second-order valence-corrected chi connectivity index (χ2v) is 8.62. The van der Waals surface area contributed by atoms with Crippen molar-refractivity contribution >= 4 is 33.4 Å². The molecule has 3 aromatic heterocycles. The Morgan fingerprint density at radius 2 is 2.22 bits per heavy atom. The maximum atomic E-state index is 9.16. The summed E-state index contributed by atoms with van der Waals surface area (Å²) in [6.07, 6.45) is 5.16. The Bertz CT molecular complexity index is 1410. The highest BCUT2D eigenvalue weighted by Crippen LogP contribution is 2.53. The van der Waals surface area contributed by atoms with Crippen molar-refractivity contribution in [3.05, 3.63) is 42.2 Å². The molecule has 2 atom stereocenters. The number of para-hydroxylation sites is 1. The zero-order valence-electron chi connectivity index (χ0n) is 17.6. The van der Waals surface area contributed by atoms with Crippen LogP contribution in [0.1, 0.15) is 18.4 Å². The highest BCUT2D eigenvalue weighted by Gasteiger charge is 2.55. The highest BCUT2D eigenvalue weighted by atomic mass is 16.5. The lowest BCUT2D eigenvalue weighted by atomic mass is 10.1. The predicted molar refractivity (Wildman–Crippen MR) is 122 cm³/mol. The molecular weight excluding hydrogens is 404 g/mol. The third-order valence-corrected chi connectivity index (χ3v) is 6.71. The number of aromatic nitrogens is 4. The molecule has 2 fully saturated rings. The third-order valence-electron chi connectivity index (χ3n) is 6.71. The van der Waals surface area contributed by atoms with Gasteiger partial charge in [-0.15, -0.1) is 0 Å². The number of nitrogens with two attached hydrogens (primary N) is 1. The summed E-state index contributed by atoms with van der Waals surface area (Å²) in [5.41, 5.74) is 9.53. The van der Waals surface area contributed by atoms with E-state index in [2.05, 4.69) is 37.3 Å². The van der Waals surface area contributed by atoms with Crippen molar-refractivity contribution in [3.63, 3.8) is 0 Å². The molecule has 4 N–H and O–H groups in total. The van der Waals surface area contributed by atoms with Crippen LogP contribution in [0, 0.1) is 16.7 Å². The van der Waals surface area contributed by atoms with E-state index in [0.717, 1.165) is 53.7 Å². The minimum atomic E-state index is 0.200. The average Bonchev–Trinajstić information content (AvgIpc) is 3.13. The lowest BCUT2D eigenvalue weighted by Crippen LogP contribution is -2.24. The Kier molecular flexibility index (Phi) is 4.00. The highest BCUT2D eigenvalue weighted by molar-refractivity contribution is 6.14. The smallest absolute Gasteiger partial charge is 0.326 e. The van der Waals surface area contributed by atoms with E-state index in [4.69, 9.17) is 20.7 Å². The van der Waals surface area contributed by atoms with Crippen molar-refractivity contribution in [2.45, 2.75) is 18.9 Å². The number of pyridine rings is 1. The molecule has 9 nitrogen and oxygen atoms in total. The van der Waals surface area contributed by atoms with Crippen molar-refractivity contribution in [3.8, 4) is 17.8 Å². The number of hydrogen-bond acceptors (Lipinski definition) is 8. The lowest BCUT2D eigenvalue weighted by Gasteiger charge is -2.19. The SMILES string of the molecule is CNc1cccc2c1[nH]c1nc(Oc3cncc(C#N)c3)nc(N3CCC4(CC4N)C3)c12. The summed E-state index contributed by atoms with van der Waals surface area (Å²) in [5, 5.41) is 14.4. The largest absolute Gasteiger partial charge is 0.422 e. The van der Waals surface area contributed by atoms with Crippen molar-refractivity contribution in [1.82, 2.24) is 19.9 Å². The molecule has 9 heteroatoms. The van der Waals surface area contributed by atoms with Gasteiger partial charge in [0.1, 0.15) is 17.5 Å². The number of aromatic amines is 1. The maximum Gasteiger partial charge on any atom is 0.326 e. The van der Waals surface area contributed by atoms with Gasteiger partial charge in [0, 0.05) is 49.2 Å². The molecule has 0 amide bonds. The Morgan fingerprint density at radius 1 is 1.34 bits per heavy atom. The summed E-state index contributed by atoms with van der Waals surface area (Å²) in [7, 11) is 1.90. The van der Waals surface area contributed by atoms with Crippen LogP contribution in [0.2, 0.25) is 0 Å². The monoisotopic (exact) mass is 426 g/mol. The van der Waals surface area contributed by atoms with Crippen molar-refractivity contribution in [2.24, 2.45) is 11.1 Å². The molecule has 1 spiro atoms. The molecule has 2 unspecified atom stereocenters. The van der Waals surface area contributed by atoms with Crippen LogP contribution in [-0.2, 0) is 0 Å². The fourth-order valence-corrected chi connectivity index (χ4v) is 4.83. The zero-order valence-corrected chi connectivity index (χ0v) is 17.6. The van der Waals surface area contributed by atoms with Crippen LogP contribution in [-0.4, -0.2) is 46.1 Å². The van der Waals surface area contributed by atoms with Gasteiger partial charge in [-0.1, -0.05) is 12.1 Å².